The van der Waals surface area contributed by atoms with Crippen molar-refractivity contribution in [3.8, 4) is 0 Å². The van der Waals surface area contributed by atoms with Gasteiger partial charge in [0.05, 0.1) is 17.8 Å². The molecule has 32 heavy (non-hydrogen) atoms. The van der Waals surface area contributed by atoms with Crippen molar-refractivity contribution in [2.45, 2.75) is 31.2 Å². The largest absolute Gasteiger partial charge is 0.361 e. The standard InChI is InChI=1S/C23H25N5O3S/c1-15-20(16(2)31-27-15)14-32-23-19(4-3-9-25-23)22(30)26-12-17-5-7-18(8-6-17)28-11-10-24-21(29)13-28/h3-9H,10-14H2,1-2H3,(H,24,29)(H,26,30). The van der Waals surface area contributed by atoms with Gasteiger partial charge in [-0.3, -0.25) is 9.59 Å². The molecule has 0 saturated carbocycles. The molecule has 166 valence electrons. The topological polar surface area (TPSA) is 100 Å². The summed E-state index contributed by atoms with van der Waals surface area (Å²) in [6.07, 6.45) is 1.69. The third-order valence-electron chi connectivity index (χ3n) is 5.34. The molecule has 2 aromatic heterocycles. The first-order valence-corrected chi connectivity index (χ1v) is 11.4. The minimum Gasteiger partial charge on any atom is -0.361 e. The first-order valence-electron chi connectivity index (χ1n) is 10.4. The van der Waals surface area contributed by atoms with Gasteiger partial charge >= 0.3 is 0 Å². The highest BCUT2D eigenvalue weighted by molar-refractivity contribution is 7.98. The highest BCUT2D eigenvalue weighted by Crippen LogP contribution is 2.27. The SMILES string of the molecule is Cc1noc(C)c1CSc1ncccc1C(=O)NCc1ccc(N2CCNC(=O)C2)cc1. The van der Waals surface area contributed by atoms with Crippen molar-refractivity contribution in [2.24, 2.45) is 0 Å². The Kier molecular flexibility index (Phi) is 6.75. The van der Waals surface area contributed by atoms with Crippen LogP contribution >= 0.6 is 11.8 Å². The molecule has 3 aromatic rings. The molecular weight excluding hydrogens is 426 g/mol. The molecule has 0 unspecified atom stereocenters. The maximum Gasteiger partial charge on any atom is 0.254 e. The van der Waals surface area contributed by atoms with Crippen molar-refractivity contribution in [3.05, 3.63) is 70.7 Å². The molecule has 8 nitrogen and oxygen atoms in total. The van der Waals surface area contributed by atoms with Crippen molar-refractivity contribution < 1.29 is 14.1 Å². The number of pyridine rings is 1. The average molecular weight is 452 g/mol. The van der Waals surface area contributed by atoms with Crippen LogP contribution in [-0.4, -0.2) is 41.6 Å². The summed E-state index contributed by atoms with van der Waals surface area (Å²) in [7, 11) is 0. The zero-order chi connectivity index (χ0) is 22.5. The Labute approximate surface area is 190 Å². The number of hydrogen-bond acceptors (Lipinski definition) is 7. The van der Waals surface area contributed by atoms with E-state index in [0.29, 0.717) is 36.0 Å². The predicted molar refractivity (Wildman–Crippen MR) is 123 cm³/mol. The molecule has 1 fully saturated rings. The minimum atomic E-state index is -0.170. The van der Waals surface area contributed by atoms with Crippen LogP contribution in [0.15, 0.2) is 52.1 Å². The van der Waals surface area contributed by atoms with E-state index in [1.54, 1.807) is 18.3 Å². The van der Waals surface area contributed by atoms with Crippen LogP contribution in [0.1, 0.15) is 32.9 Å². The Morgan fingerprint density at radius 1 is 1.25 bits per heavy atom. The van der Waals surface area contributed by atoms with Crippen LogP contribution in [0.4, 0.5) is 5.69 Å². The Balaban J connectivity index is 1.36. The van der Waals surface area contributed by atoms with Gasteiger partial charge in [-0.1, -0.05) is 17.3 Å². The molecule has 0 spiro atoms. The fraction of sp³-hybridized carbons (Fsp3) is 0.304. The van der Waals surface area contributed by atoms with Gasteiger partial charge in [-0.05, 0) is 43.7 Å². The quantitative estimate of drug-likeness (QED) is 0.533. The lowest BCUT2D eigenvalue weighted by molar-refractivity contribution is -0.120. The molecule has 9 heteroatoms. The molecule has 0 atom stereocenters. The van der Waals surface area contributed by atoms with Crippen molar-refractivity contribution >= 4 is 29.3 Å². The van der Waals surface area contributed by atoms with E-state index in [-0.39, 0.29) is 11.8 Å². The lowest BCUT2D eigenvalue weighted by Gasteiger charge is -2.28. The second-order valence-electron chi connectivity index (χ2n) is 7.57. The van der Waals surface area contributed by atoms with Crippen LogP contribution in [0.2, 0.25) is 0 Å². The summed E-state index contributed by atoms with van der Waals surface area (Å²) < 4.78 is 5.22. The third-order valence-corrected chi connectivity index (χ3v) is 6.37. The first kappa shape index (κ1) is 21.9. The average Bonchev–Trinajstić information content (AvgIpc) is 3.13. The number of carbonyl (C=O) groups is 2. The van der Waals surface area contributed by atoms with E-state index in [0.717, 1.165) is 34.8 Å². The van der Waals surface area contributed by atoms with E-state index in [1.165, 1.54) is 11.8 Å². The molecule has 1 aromatic carbocycles. The number of nitrogens with one attached hydrogen (secondary N) is 2. The molecule has 3 heterocycles. The van der Waals surface area contributed by atoms with E-state index in [1.807, 2.05) is 43.0 Å². The van der Waals surface area contributed by atoms with Crippen LogP contribution in [0.3, 0.4) is 0 Å². The van der Waals surface area contributed by atoms with Crippen molar-refractivity contribution in [2.75, 3.05) is 24.5 Å². The van der Waals surface area contributed by atoms with Crippen molar-refractivity contribution in [3.63, 3.8) is 0 Å². The van der Waals surface area contributed by atoms with Crippen LogP contribution in [0, 0.1) is 13.8 Å². The van der Waals surface area contributed by atoms with E-state index in [4.69, 9.17) is 4.52 Å². The summed E-state index contributed by atoms with van der Waals surface area (Å²) in [6.45, 7) is 6.00. The summed E-state index contributed by atoms with van der Waals surface area (Å²) in [5.41, 5.74) is 4.40. The van der Waals surface area contributed by atoms with E-state index < -0.39 is 0 Å². The van der Waals surface area contributed by atoms with E-state index in [9.17, 15) is 9.59 Å². The molecule has 1 aliphatic rings. The Morgan fingerprint density at radius 2 is 2.06 bits per heavy atom. The van der Waals surface area contributed by atoms with Gasteiger partial charge in [0.25, 0.3) is 5.91 Å². The zero-order valence-corrected chi connectivity index (χ0v) is 18.9. The third kappa shape index (κ3) is 5.11. The van der Waals surface area contributed by atoms with Gasteiger partial charge in [-0.2, -0.15) is 0 Å². The summed E-state index contributed by atoms with van der Waals surface area (Å²) in [5.74, 6) is 1.28. The summed E-state index contributed by atoms with van der Waals surface area (Å²) in [4.78, 5) is 30.9. The fourth-order valence-corrected chi connectivity index (χ4v) is 4.63. The summed E-state index contributed by atoms with van der Waals surface area (Å²) >= 11 is 1.49. The molecule has 0 bridgehead atoms. The number of aromatic nitrogens is 2. The maximum atomic E-state index is 12.8. The lowest BCUT2D eigenvalue weighted by atomic mass is 10.1. The van der Waals surface area contributed by atoms with Gasteiger partial charge in [-0.15, -0.1) is 11.8 Å². The Hall–Kier alpha value is -3.33. The number of anilines is 1. The van der Waals surface area contributed by atoms with Crippen LogP contribution in [-0.2, 0) is 17.1 Å². The number of aryl methyl sites for hydroxylation is 2. The highest BCUT2D eigenvalue weighted by atomic mass is 32.2. The zero-order valence-electron chi connectivity index (χ0n) is 18.1. The molecule has 0 radical (unpaired) electrons. The predicted octanol–water partition coefficient (Wildman–Crippen LogP) is 2.84. The molecule has 4 rings (SSSR count). The van der Waals surface area contributed by atoms with Gasteiger partial charge in [0.1, 0.15) is 10.8 Å². The molecule has 0 aliphatic carbocycles. The van der Waals surface area contributed by atoms with Crippen molar-refractivity contribution in [1.29, 1.82) is 0 Å². The highest BCUT2D eigenvalue weighted by Gasteiger charge is 2.17. The lowest BCUT2D eigenvalue weighted by Crippen LogP contribution is -2.47. The van der Waals surface area contributed by atoms with Gasteiger partial charge in [0.2, 0.25) is 5.91 Å². The van der Waals surface area contributed by atoms with E-state index >= 15 is 0 Å². The molecule has 1 saturated heterocycles. The second kappa shape index (κ2) is 9.86. The van der Waals surface area contributed by atoms with Crippen molar-refractivity contribution in [1.82, 2.24) is 20.8 Å². The van der Waals surface area contributed by atoms with Gasteiger partial charge in [0, 0.05) is 42.8 Å². The number of hydrogen-bond donors (Lipinski definition) is 2. The fourth-order valence-electron chi connectivity index (χ4n) is 3.49. The van der Waals surface area contributed by atoms with Crippen LogP contribution in [0.5, 0.6) is 0 Å². The first-order chi connectivity index (χ1) is 15.5. The number of amides is 2. The number of benzene rings is 1. The second-order valence-corrected chi connectivity index (χ2v) is 8.53. The van der Waals surface area contributed by atoms with Crippen LogP contribution < -0.4 is 15.5 Å². The molecule has 1 aliphatic heterocycles. The summed E-state index contributed by atoms with van der Waals surface area (Å²) in [6, 6.07) is 11.4. The molecule has 2 N–H and O–H groups in total. The monoisotopic (exact) mass is 451 g/mol. The maximum absolute atomic E-state index is 12.8. The van der Waals surface area contributed by atoms with Gasteiger partial charge < -0.3 is 20.1 Å². The van der Waals surface area contributed by atoms with Gasteiger partial charge in [-0.25, -0.2) is 4.98 Å². The van der Waals surface area contributed by atoms with Gasteiger partial charge in [0.15, 0.2) is 0 Å². The number of nitrogens with zero attached hydrogens (tertiary/aromatic N) is 3. The van der Waals surface area contributed by atoms with E-state index in [2.05, 4.69) is 20.8 Å². The number of carbonyl (C=O) groups excluding carboxylic acids is 2. The normalized spacial score (nSPS) is 13.7. The smallest absolute Gasteiger partial charge is 0.254 e. The Bertz CT molecular complexity index is 1090. The van der Waals surface area contributed by atoms with Crippen LogP contribution in [0.25, 0.3) is 0 Å². The number of thioether (sulfide) groups is 1. The Morgan fingerprint density at radius 3 is 2.78 bits per heavy atom. The minimum absolute atomic E-state index is 0.0343. The number of piperazine rings is 1. The number of rotatable bonds is 7. The molecule has 2 amide bonds. The molecular formula is C23H25N5O3S. The summed E-state index contributed by atoms with van der Waals surface area (Å²) in [5, 5.41) is 10.5.